The number of carbonyl (C=O) groups excluding carboxylic acids is 1. The third-order valence-corrected chi connectivity index (χ3v) is 7.85. The van der Waals surface area contributed by atoms with Gasteiger partial charge in [-0.15, -0.1) is 0 Å². The fourth-order valence-corrected chi connectivity index (χ4v) is 5.98. The first kappa shape index (κ1) is 20.3. The van der Waals surface area contributed by atoms with E-state index >= 15 is 0 Å². The molecule has 5 nitrogen and oxygen atoms in total. The maximum Gasteiger partial charge on any atom is 0.239 e. The first-order chi connectivity index (χ1) is 12.7. The van der Waals surface area contributed by atoms with Crippen molar-refractivity contribution in [3.05, 3.63) is 35.6 Å². The van der Waals surface area contributed by atoms with E-state index in [0.29, 0.717) is 12.3 Å². The van der Waals surface area contributed by atoms with Crippen LogP contribution in [0.5, 0.6) is 0 Å². The SMILES string of the molecule is CC(C(=O)N(C)C1CCS(=O)(=O)C1)N1CCC(Cc2ccc(F)cc2)CC1. The minimum Gasteiger partial charge on any atom is -0.340 e. The number of rotatable bonds is 5. The van der Waals surface area contributed by atoms with E-state index in [1.165, 1.54) is 12.1 Å². The number of benzene rings is 1. The molecule has 3 rings (SSSR count). The van der Waals surface area contributed by atoms with Crippen LogP contribution in [0.1, 0.15) is 31.7 Å². The van der Waals surface area contributed by atoms with Crippen molar-refractivity contribution in [2.24, 2.45) is 5.92 Å². The predicted octanol–water partition coefficient (Wildman–Crippen LogP) is 2.11. The van der Waals surface area contributed by atoms with E-state index in [9.17, 15) is 17.6 Å². The Kier molecular flexibility index (Phi) is 6.21. The van der Waals surface area contributed by atoms with Gasteiger partial charge in [0, 0.05) is 13.1 Å². The van der Waals surface area contributed by atoms with Gasteiger partial charge in [0.15, 0.2) is 9.84 Å². The van der Waals surface area contributed by atoms with Crippen LogP contribution in [-0.4, -0.2) is 67.9 Å². The molecular weight excluding hydrogens is 367 g/mol. The Morgan fingerprint density at radius 1 is 1.22 bits per heavy atom. The standard InChI is InChI=1S/C20H29FN2O3S/c1-15(20(24)22(2)19-9-12-27(25,26)14-19)23-10-7-17(8-11-23)13-16-3-5-18(21)6-4-16/h3-6,15,17,19H,7-14H2,1-2H3. The van der Waals surface area contributed by atoms with Crippen molar-refractivity contribution < 1.29 is 17.6 Å². The van der Waals surface area contributed by atoms with Crippen molar-refractivity contribution in [2.45, 2.75) is 44.7 Å². The second-order valence-corrected chi connectivity index (χ2v) is 10.2. The number of amides is 1. The van der Waals surface area contributed by atoms with Gasteiger partial charge in [0.25, 0.3) is 0 Å². The van der Waals surface area contributed by atoms with Gasteiger partial charge in [-0.3, -0.25) is 9.69 Å². The van der Waals surface area contributed by atoms with Crippen molar-refractivity contribution >= 4 is 15.7 Å². The summed E-state index contributed by atoms with van der Waals surface area (Å²) in [5.41, 5.74) is 1.15. The summed E-state index contributed by atoms with van der Waals surface area (Å²) in [5, 5.41) is 0. The van der Waals surface area contributed by atoms with Gasteiger partial charge < -0.3 is 4.90 Å². The first-order valence-corrected chi connectivity index (χ1v) is 11.5. The van der Waals surface area contributed by atoms with Gasteiger partial charge in [-0.05, 0) is 69.3 Å². The van der Waals surface area contributed by atoms with E-state index in [-0.39, 0.29) is 35.3 Å². The molecule has 0 radical (unpaired) electrons. The average molecular weight is 397 g/mol. The number of nitrogens with zero attached hydrogens (tertiary/aromatic N) is 2. The molecule has 0 spiro atoms. The molecule has 2 saturated heterocycles. The van der Waals surface area contributed by atoms with E-state index in [4.69, 9.17) is 0 Å². The zero-order chi connectivity index (χ0) is 19.6. The summed E-state index contributed by atoms with van der Waals surface area (Å²) < 4.78 is 36.4. The van der Waals surface area contributed by atoms with Gasteiger partial charge in [0.05, 0.1) is 17.5 Å². The van der Waals surface area contributed by atoms with Gasteiger partial charge in [0.1, 0.15) is 5.82 Å². The number of carbonyl (C=O) groups is 1. The Balaban J connectivity index is 1.49. The Bertz CT molecular complexity index is 758. The normalized spacial score (nSPS) is 24.6. The Hall–Kier alpha value is -1.47. The highest BCUT2D eigenvalue weighted by molar-refractivity contribution is 7.91. The van der Waals surface area contributed by atoms with E-state index < -0.39 is 9.84 Å². The minimum absolute atomic E-state index is 0.00841. The summed E-state index contributed by atoms with van der Waals surface area (Å²) in [6.45, 7) is 3.63. The lowest BCUT2D eigenvalue weighted by molar-refractivity contribution is -0.137. The molecule has 1 amide bonds. The molecule has 2 atom stereocenters. The van der Waals surface area contributed by atoms with Crippen LogP contribution in [0.25, 0.3) is 0 Å². The summed E-state index contributed by atoms with van der Waals surface area (Å²) in [5.74, 6) is 0.612. The maximum absolute atomic E-state index is 13.0. The summed E-state index contributed by atoms with van der Waals surface area (Å²) in [4.78, 5) is 16.6. The molecule has 0 bridgehead atoms. The molecule has 150 valence electrons. The summed E-state index contributed by atoms with van der Waals surface area (Å²) in [6.07, 6.45) is 3.50. The molecule has 0 aliphatic carbocycles. The third kappa shape index (κ3) is 5.08. The molecule has 2 fully saturated rings. The first-order valence-electron chi connectivity index (χ1n) is 9.71. The third-order valence-electron chi connectivity index (χ3n) is 6.10. The fraction of sp³-hybridized carbons (Fsp3) is 0.650. The summed E-state index contributed by atoms with van der Waals surface area (Å²) >= 11 is 0. The Morgan fingerprint density at radius 3 is 2.41 bits per heavy atom. The molecule has 0 aromatic heterocycles. The molecule has 2 aliphatic heterocycles. The smallest absolute Gasteiger partial charge is 0.239 e. The largest absolute Gasteiger partial charge is 0.340 e. The minimum atomic E-state index is -3.00. The van der Waals surface area contributed by atoms with Crippen molar-refractivity contribution in [3.63, 3.8) is 0 Å². The van der Waals surface area contributed by atoms with Crippen molar-refractivity contribution in [2.75, 3.05) is 31.6 Å². The van der Waals surface area contributed by atoms with E-state index in [1.807, 2.05) is 19.1 Å². The lowest BCUT2D eigenvalue weighted by Gasteiger charge is -2.37. The number of likely N-dealkylation sites (tertiary alicyclic amines) is 1. The molecule has 0 saturated carbocycles. The van der Waals surface area contributed by atoms with Gasteiger partial charge >= 0.3 is 0 Å². The van der Waals surface area contributed by atoms with E-state index in [0.717, 1.165) is 37.9 Å². The monoisotopic (exact) mass is 396 g/mol. The van der Waals surface area contributed by atoms with Crippen LogP contribution in [0, 0.1) is 11.7 Å². The van der Waals surface area contributed by atoms with Crippen LogP contribution < -0.4 is 0 Å². The molecule has 1 aromatic rings. The number of hydrogen-bond acceptors (Lipinski definition) is 4. The van der Waals surface area contributed by atoms with Crippen LogP contribution >= 0.6 is 0 Å². The quantitative estimate of drug-likeness (QED) is 0.765. The number of halogens is 1. The van der Waals surface area contributed by atoms with Gasteiger partial charge in [-0.2, -0.15) is 0 Å². The Labute approximate surface area is 161 Å². The lowest BCUT2D eigenvalue weighted by Crippen LogP contribution is -2.51. The maximum atomic E-state index is 13.0. The summed E-state index contributed by atoms with van der Waals surface area (Å²) in [7, 11) is -1.27. The molecule has 2 aliphatic rings. The molecular formula is C20H29FN2O3S. The van der Waals surface area contributed by atoms with Crippen LogP contribution in [0.3, 0.4) is 0 Å². The molecule has 1 aromatic carbocycles. The second-order valence-electron chi connectivity index (χ2n) is 7.99. The van der Waals surface area contributed by atoms with Crippen molar-refractivity contribution in [3.8, 4) is 0 Å². The van der Waals surface area contributed by atoms with Crippen LogP contribution in [-0.2, 0) is 21.1 Å². The van der Waals surface area contributed by atoms with Crippen LogP contribution in [0.2, 0.25) is 0 Å². The predicted molar refractivity (Wildman–Crippen MR) is 104 cm³/mol. The van der Waals surface area contributed by atoms with E-state index in [1.54, 1.807) is 11.9 Å². The highest BCUT2D eigenvalue weighted by Crippen LogP contribution is 2.24. The second kappa shape index (κ2) is 8.27. The van der Waals surface area contributed by atoms with Crippen molar-refractivity contribution in [1.29, 1.82) is 0 Å². The number of sulfone groups is 1. The zero-order valence-corrected chi connectivity index (χ0v) is 16.9. The summed E-state index contributed by atoms with van der Waals surface area (Å²) in [6, 6.07) is 6.27. The van der Waals surface area contributed by atoms with Crippen molar-refractivity contribution in [1.82, 2.24) is 9.80 Å². The number of hydrogen-bond donors (Lipinski definition) is 0. The molecule has 2 unspecified atom stereocenters. The molecule has 0 N–H and O–H groups in total. The highest BCUT2D eigenvalue weighted by atomic mass is 32.2. The molecule has 7 heteroatoms. The van der Waals surface area contributed by atoms with Crippen LogP contribution in [0.15, 0.2) is 24.3 Å². The fourth-order valence-electron chi connectivity index (χ4n) is 4.21. The van der Waals surface area contributed by atoms with Gasteiger partial charge in [-0.25, -0.2) is 12.8 Å². The van der Waals surface area contributed by atoms with Gasteiger partial charge in [-0.1, -0.05) is 12.1 Å². The highest BCUT2D eigenvalue weighted by Gasteiger charge is 2.36. The Morgan fingerprint density at radius 2 is 1.85 bits per heavy atom. The zero-order valence-electron chi connectivity index (χ0n) is 16.1. The van der Waals surface area contributed by atoms with Crippen LogP contribution in [0.4, 0.5) is 4.39 Å². The molecule has 2 heterocycles. The molecule has 27 heavy (non-hydrogen) atoms. The van der Waals surface area contributed by atoms with E-state index in [2.05, 4.69) is 4.90 Å². The van der Waals surface area contributed by atoms with Gasteiger partial charge in [0.2, 0.25) is 5.91 Å². The number of piperidine rings is 1. The number of likely N-dealkylation sites (N-methyl/N-ethyl adjacent to an activating group) is 1. The lowest BCUT2D eigenvalue weighted by atomic mass is 9.89. The average Bonchev–Trinajstić information content (AvgIpc) is 3.02. The topological polar surface area (TPSA) is 57.7 Å².